The third kappa shape index (κ3) is 5.60. The van der Waals surface area contributed by atoms with E-state index in [-0.39, 0.29) is 11.2 Å². The van der Waals surface area contributed by atoms with Crippen LogP contribution in [0.1, 0.15) is 70.0 Å². The molecule has 0 aliphatic carbocycles. The first kappa shape index (κ1) is 26.1. The van der Waals surface area contributed by atoms with Gasteiger partial charge in [0.15, 0.2) is 23.3 Å². The van der Waals surface area contributed by atoms with Gasteiger partial charge in [0.2, 0.25) is 0 Å². The highest BCUT2D eigenvalue weighted by Gasteiger charge is 2.36. The van der Waals surface area contributed by atoms with E-state index in [0.29, 0.717) is 11.4 Å². The number of carbonyl (C=O) groups excluding carboxylic acids is 1. The molecule has 1 aromatic carbocycles. The summed E-state index contributed by atoms with van der Waals surface area (Å²) in [6.45, 7) is 10.3. The smallest absolute Gasteiger partial charge is 0.314 e. The fourth-order valence-corrected chi connectivity index (χ4v) is 3.75. The van der Waals surface area contributed by atoms with E-state index in [1.54, 1.807) is 27.0 Å². The maximum Gasteiger partial charge on any atom is 0.314 e. The van der Waals surface area contributed by atoms with Crippen molar-refractivity contribution in [3.8, 4) is 0 Å². The largest absolute Gasteiger partial charge is 0.460 e. The van der Waals surface area contributed by atoms with Crippen LogP contribution in [0.2, 0.25) is 0 Å². The van der Waals surface area contributed by atoms with Gasteiger partial charge in [-0.1, -0.05) is 41.5 Å². The summed E-state index contributed by atoms with van der Waals surface area (Å²) < 4.78 is 62.3. The van der Waals surface area contributed by atoms with E-state index in [1.165, 1.54) is 12.4 Å². The Kier molecular flexibility index (Phi) is 7.96. The molecule has 0 amide bonds. The first-order valence-electron chi connectivity index (χ1n) is 10.0. The minimum absolute atomic E-state index is 0.234. The molecule has 1 unspecified atom stereocenters. The van der Waals surface area contributed by atoms with Gasteiger partial charge in [-0.25, -0.2) is 27.5 Å². The van der Waals surface area contributed by atoms with Gasteiger partial charge in [-0.3, -0.25) is 4.79 Å². The zero-order valence-corrected chi connectivity index (χ0v) is 20.1. The number of hydrogen-bond acceptors (Lipinski definition) is 5. The first-order valence-corrected chi connectivity index (χ1v) is 11.4. The molecule has 9 heteroatoms. The second kappa shape index (κ2) is 9.77. The van der Waals surface area contributed by atoms with Crippen molar-refractivity contribution >= 4 is 17.7 Å². The first-order chi connectivity index (χ1) is 14.7. The zero-order valence-electron chi connectivity index (χ0n) is 19.3. The SMILES string of the molecule is CSCc1c(F)c(F)c(COC(=O)C(c2cnc(C(C)(C)C)nc2)C(C)(C)C)c(F)c1F. The summed E-state index contributed by atoms with van der Waals surface area (Å²) >= 11 is 1.02. The van der Waals surface area contributed by atoms with Gasteiger partial charge in [0.1, 0.15) is 12.4 Å². The predicted molar refractivity (Wildman–Crippen MR) is 116 cm³/mol. The number of esters is 1. The average Bonchev–Trinajstić information content (AvgIpc) is 2.68. The molecule has 32 heavy (non-hydrogen) atoms. The molecule has 0 saturated heterocycles. The van der Waals surface area contributed by atoms with E-state index in [2.05, 4.69) is 9.97 Å². The lowest BCUT2D eigenvalue weighted by atomic mass is 9.77. The second-order valence-electron chi connectivity index (χ2n) is 9.64. The molecule has 176 valence electrons. The number of carbonyl (C=O) groups is 1. The van der Waals surface area contributed by atoms with Crippen molar-refractivity contribution < 1.29 is 27.1 Å². The topological polar surface area (TPSA) is 52.1 Å². The lowest BCUT2D eigenvalue weighted by molar-refractivity contribution is -0.149. The summed E-state index contributed by atoms with van der Waals surface area (Å²) in [6, 6.07) is 0. The van der Waals surface area contributed by atoms with E-state index in [0.717, 1.165) is 11.8 Å². The highest BCUT2D eigenvalue weighted by Crippen LogP contribution is 2.36. The number of hydrogen-bond donors (Lipinski definition) is 0. The monoisotopic (exact) mass is 472 g/mol. The van der Waals surface area contributed by atoms with Gasteiger partial charge in [-0.15, -0.1) is 0 Å². The van der Waals surface area contributed by atoms with Gasteiger partial charge in [-0.05, 0) is 11.7 Å². The van der Waals surface area contributed by atoms with Crippen LogP contribution in [0, 0.1) is 28.7 Å². The molecule has 0 spiro atoms. The molecule has 0 radical (unpaired) electrons. The molecule has 0 aliphatic heterocycles. The highest BCUT2D eigenvalue weighted by molar-refractivity contribution is 7.97. The zero-order chi connectivity index (χ0) is 24.4. The summed E-state index contributed by atoms with van der Waals surface area (Å²) in [7, 11) is 0. The van der Waals surface area contributed by atoms with Gasteiger partial charge in [-0.2, -0.15) is 11.8 Å². The van der Waals surface area contributed by atoms with Gasteiger partial charge >= 0.3 is 5.97 Å². The van der Waals surface area contributed by atoms with Crippen molar-refractivity contribution in [2.45, 2.75) is 65.2 Å². The molecule has 1 aromatic heterocycles. The quantitative estimate of drug-likeness (QED) is 0.290. The van der Waals surface area contributed by atoms with Gasteiger partial charge in [0.05, 0.1) is 11.5 Å². The van der Waals surface area contributed by atoms with Gasteiger partial charge < -0.3 is 4.74 Å². The Balaban J connectivity index is 2.33. The van der Waals surface area contributed by atoms with E-state index >= 15 is 0 Å². The Hall–Kier alpha value is -2.16. The Morgan fingerprint density at radius 3 is 1.81 bits per heavy atom. The second-order valence-corrected chi connectivity index (χ2v) is 10.5. The molecule has 1 atom stereocenters. The molecule has 0 bridgehead atoms. The van der Waals surface area contributed by atoms with Crippen LogP contribution in [0.25, 0.3) is 0 Å². The fourth-order valence-electron chi connectivity index (χ4n) is 3.21. The Bertz CT molecular complexity index is 954. The minimum atomic E-state index is -1.56. The normalized spacial score (nSPS) is 13.2. The molecule has 0 aliphatic rings. The van der Waals surface area contributed by atoms with Crippen LogP contribution in [-0.2, 0) is 27.3 Å². The van der Waals surface area contributed by atoms with Crippen molar-refractivity contribution in [3.05, 3.63) is 58.2 Å². The van der Waals surface area contributed by atoms with Crippen LogP contribution in [0.3, 0.4) is 0 Å². The molecular formula is C23H28F4N2O2S. The molecule has 0 saturated carbocycles. The lowest BCUT2D eigenvalue weighted by Gasteiger charge is -2.29. The van der Waals surface area contributed by atoms with E-state index in [9.17, 15) is 22.4 Å². The predicted octanol–water partition coefficient (Wildman–Crippen LogP) is 6.07. The number of aromatic nitrogens is 2. The summed E-state index contributed by atoms with van der Waals surface area (Å²) in [4.78, 5) is 21.5. The molecule has 1 heterocycles. The van der Waals surface area contributed by atoms with Gasteiger partial charge in [0.25, 0.3) is 0 Å². The van der Waals surface area contributed by atoms with Crippen LogP contribution in [-0.4, -0.2) is 22.2 Å². The van der Waals surface area contributed by atoms with Crippen LogP contribution >= 0.6 is 11.8 Å². The molecular weight excluding hydrogens is 444 g/mol. The van der Waals surface area contributed by atoms with Gasteiger partial charge in [0, 0.05) is 34.7 Å². The molecule has 0 N–H and O–H groups in total. The third-order valence-corrected chi connectivity index (χ3v) is 5.45. The maximum atomic E-state index is 14.4. The Morgan fingerprint density at radius 2 is 1.41 bits per heavy atom. The van der Waals surface area contributed by atoms with Crippen molar-refractivity contribution in [2.75, 3.05) is 6.26 Å². The number of ether oxygens (including phenoxy) is 1. The van der Waals surface area contributed by atoms with E-state index in [1.807, 2.05) is 20.8 Å². The average molecular weight is 473 g/mol. The highest BCUT2D eigenvalue weighted by atomic mass is 32.2. The van der Waals surface area contributed by atoms with Crippen molar-refractivity contribution in [3.63, 3.8) is 0 Å². The Morgan fingerprint density at radius 1 is 0.938 bits per heavy atom. The molecule has 0 fully saturated rings. The van der Waals surface area contributed by atoms with Crippen molar-refractivity contribution in [1.82, 2.24) is 9.97 Å². The number of halogens is 4. The summed E-state index contributed by atoms with van der Waals surface area (Å²) in [5, 5.41) is 0. The van der Waals surface area contributed by atoms with Crippen LogP contribution in [0.4, 0.5) is 17.6 Å². The maximum absolute atomic E-state index is 14.4. The van der Waals surface area contributed by atoms with Crippen molar-refractivity contribution in [1.29, 1.82) is 0 Å². The summed E-state index contributed by atoms with van der Waals surface area (Å²) in [6.07, 6.45) is 4.58. The fraction of sp³-hybridized carbons (Fsp3) is 0.522. The molecule has 2 aromatic rings. The number of thioether (sulfide) groups is 1. The number of nitrogens with zero attached hydrogens (tertiary/aromatic N) is 2. The van der Waals surface area contributed by atoms with Crippen molar-refractivity contribution in [2.24, 2.45) is 5.41 Å². The summed E-state index contributed by atoms with van der Waals surface area (Å²) in [5.41, 5.74) is -2.14. The molecule has 2 rings (SSSR count). The lowest BCUT2D eigenvalue weighted by Crippen LogP contribution is -2.29. The molecule has 4 nitrogen and oxygen atoms in total. The number of rotatable bonds is 6. The third-order valence-electron chi connectivity index (χ3n) is 4.87. The van der Waals surface area contributed by atoms with E-state index < -0.39 is 58.3 Å². The number of benzene rings is 1. The van der Waals surface area contributed by atoms with E-state index in [4.69, 9.17) is 4.74 Å². The minimum Gasteiger partial charge on any atom is -0.460 e. The van der Waals surface area contributed by atoms with Crippen LogP contribution in [0.5, 0.6) is 0 Å². The van der Waals surface area contributed by atoms with Crippen LogP contribution in [0.15, 0.2) is 12.4 Å². The summed E-state index contributed by atoms with van der Waals surface area (Å²) in [5.74, 6) is -7.42. The Labute approximate surface area is 190 Å². The van der Waals surface area contributed by atoms with Crippen LogP contribution < -0.4 is 0 Å². The standard InChI is InChI=1S/C23H28F4N2O2S/c1-22(2,3)15(12-8-28-21(29-9-12)23(4,5)6)20(30)31-10-13-16(24)18(26)14(11-32-7)19(27)17(13)25/h8-9,15H,10-11H2,1-7H3.